The number of nitrogens with zero attached hydrogens (tertiary/aromatic N) is 3. The van der Waals surface area contributed by atoms with Gasteiger partial charge in [0, 0.05) is 13.1 Å². The van der Waals surface area contributed by atoms with Gasteiger partial charge in [0.1, 0.15) is 5.51 Å². The molecule has 0 atom stereocenters. The van der Waals surface area contributed by atoms with Crippen LogP contribution in [-0.2, 0) is 11.2 Å². The lowest BCUT2D eigenvalue weighted by molar-refractivity contribution is -0.127. The smallest absolute Gasteiger partial charge is 0.233 e. The van der Waals surface area contributed by atoms with Gasteiger partial charge >= 0.3 is 0 Å². The Balaban J connectivity index is 1.55. The molecule has 2 heterocycles. The van der Waals surface area contributed by atoms with Crippen LogP contribution in [0.15, 0.2) is 40.2 Å². The first-order valence-corrected chi connectivity index (χ1v) is 9.58. The SMILES string of the molecule is CCc1ccc(C2=CCN(C(=O)CSc3nncs3)CC2)cc1. The van der Waals surface area contributed by atoms with Crippen LogP contribution in [0.2, 0.25) is 0 Å². The molecule has 3 rings (SSSR count). The number of aromatic nitrogens is 2. The fraction of sp³-hybridized carbons (Fsp3) is 0.353. The minimum absolute atomic E-state index is 0.168. The molecule has 1 aliphatic heterocycles. The Labute approximate surface area is 144 Å². The van der Waals surface area contributed by atoms with E-state index in [-0.39, 0.29) is 5.91 Å². The summed E-state index contributed by atoms with van der Waals surface area (Å²) in [7, 11) is 0. The van der Waals surface area contributed by atoms with Crippen molar-refractivity contribution >= 4 is 34.6 Å². The van der Waals surface area contributed by atoms with Gasteiger partial charge < -0.3 is 4.90 Å². The Morgan fingerprint density at radius 1 is 1.35 bits per heavy atom. The molecule has 4 nitrogen and oxygen atoms in total. The predicted octanol–water partition coefficient (Wildman–Crippen LogP) is 3.51. The second-order valence-electron chi connectivity index (χ2n) is 5.36. The first-order chi connectivity index (χ1) is 11.3. The van der Waals surface area contributed by atoms with E-state index in [1.54, 1.807) is 5.51 Å². The summed E-state index contributed by atoms with van der Waals surface area (Å²) in [6.45, 7) is 3.65. The van der Waals surface area contributed by atoms with E-state index in [0.717, 1.165) is 23.7 Å². The van der Waals surface area contributed by atoms with Crippen LogP contribution in [-0.4, -0.2) is 39.8 Å². The van der Waals surface area contributed by atoms with Gasteiger partial charge in [0.2, 0.25) is 5.91 Å². The molecule has 0 radical (unpaired) electrons. The van der Waals surface area contributed by atoms with Crippen LogP contribution in [0.4, 0.5) is 0 Å². The summed E-state index contributed by atoms with van der Waals surface area (Å²) in [5.41, 5.74) is 5.66. The molecule has 0 bridgehead atoms. The number of hydrogen-bond acceptors (Lipinski definition) is 5. The molecule has 1 aliphatic rings. The molecule has 0 unspecified atom stereocenters. The van der Waals surface area contributed by atoms with Crippen LogP contribution in [0.5, 0.6) is 0 Å². The van der Waals surface area contributed by atoms with Crippen molar-refractivity contribution in [2.45, 2.75) is 24.1 Å². The Kier molecular flexibility index (Phi) is 5.46. The monoisotopic (exact) mass is 345 g/mol. The van der Waals surface area contributed by atoms with Gasteiger partial charge in [-0.25, -0.2) is 0 Å². The first kappa shape index (κ1) is 16.2. The van der Waals surface area contributed by atoms with Crippen LogP contribution in [0, 0.1) is 0 Å². The van der Waals surface area contributed by atoms with Crippen molar-refractivity contribution in [2.24, 2.45) is 0 Å². The van der Waals surface area contributed by atoms with E-state index >= 15 is 0 Å². The summed E-state index contributed by atoms with van der Waals surface area (Å²) in [6.07, 6.45) is 4.16. The van der Waals surface area contributed by atoms with Crippen LogP contribution in [0.3, 0.4) is 0 Å². The molecule has 1 aromatic carbocycles. The van der Waals surface area contributed by atoms with Gasteiger partial charge in [0.05, 0.1) is 5.75 Å². The van der Waals surface area contributed by atoms with Gasteiger partial charge in [-0.15, -0.1) is 10.2 Å². The van der Waals surface area contributed by atoms with Crippen molar-refractivity contribution < 1.29 is 4.79 Å². The number of rotatable bonds is 5. The van der Waals surface area contributed by atoms with Crippen molar-refractivity contribution in [3.63, 3.8) is 0 Å². The maximum atomic E-state index is 12.3. The molecule has 0 aliphatic carbocycles. The standard InChI is InChI=1S/C17H19N3OS2/c1-2-13-3-5-14(6-4-13)15-7-9-20(10-8-15)16(21)11-22-17-19-18-12-23-17/h3-7,12H,2,8-11H2,1H3. The minimum Gasteiger partial charge on any atom is -0.338 e. The maximum Gasteiger partial charge on any atom is 0.233 e. The predicted molar refractivity (Wildman–Crippen MR) is 95.6 cm³/mol. The lowest BCUT2D eigenvalue weighted by atomic mass is 9.98. The van der Waals surface area contributed by atoms with Crippen molar-refractivity contribution in [3.8, 4) is 0 Å². The molecule has 6 heteroatoms. The van der Waals surface area contributed by atoms with Crippen LogP contribution >= 0.6 is 23.1 Å². The van der Waals surface area contributed by atoms with E-state index < -0.39 is 0 Å². The summed E-state index contributed by atoms with van der Waals surface area (Å²) in [5.74, 6) is 0.602. The molecule has 0 saturated heterocycles. The quantitative estimate of drug-likeness (QED) is 0.778. The fourth-order valence-corrected chi connectivity index (χ4v) is 3.94. The number of carbonyl (C=O) groups excluding carboxylic acids is 1. The van der Waals surface area contributed by atoms with Crippen LogP contribution in [0.1, 0.15) is 24.5 Å². The third kappa shape index (κ3) is 4.20. The summed E-state index contributed by atoms with van der Waals surface area (Å²) in [6, 6.07) is 8.75. The van der Waals surface area contributed by atoms with E-state index in [9.17, 15) is 4.79 Å². The van der Waals surface area contributed by atoms with E-state index in [4.69, 9.17) is 0 Å². The molecule has 2 aromatic rings. The lowest BCUT2D eigenvalue weighted by Gasteiger charge is -2.26. The average molecular weight is 345 g/mol. The number of amides is 1. The number of aryl methyl sites for hydroxylation is 1. The number of hydrogen-bond donors (Lipinski definition) is 0. The topological polar surface area (TPSA) is 46.1 Å². The highest BCUT2D eigenvalue weighted by Crippen LogP contribution is 2.24. The molecule has 120 valence electrons. The lowest BCUT2D eigenvalue weighted by Crippen LogP contribution is -2.35. The third-order valence-corrected chi connectivity index (χ3v) is 5.80. The van der Waals surface area contributed by atoms with Crippen molar-refractivity contribution in [3.05, 3.63) is 47.0 Å². The van der Waals surface area contributed by atoms with E-state index in [1.165, 1.54) is 39.8 Å². The Morgan fingerprint density at radius 3 is 2.78 bits per heavy atom. The van der Waals surface area contributed by atoms with Crippen LogP contribution in [0.25, 0.3) is 5.57 Å². The third-order valence-electron chi connectivity index (χ3n) is 3.95. The average Bonchev–Trinajstić information content (AvgIpc) is 3.13. The zero-order valence-electron chi connectivity index (χ0n) is 13.1. The summed E-state index contributed by atoms with van der Waals surface area (Å²) >= 11 is 2.93. The Bertz CT molecular complexity index is 680. The highest BCUT2D eigenvalue weighted by Gasteiger charge is 2.18. The minimum atomic E-state index is 0.168. The Morgan fingerprint density at radius 2 is 2.17 bits per heavy atom. The van der Waals surface area contributed by atoms with Crippen molar-refractivity contribution in [1.82, 2.24) is 15.1 Å². The fourth-order valence-electron chi connectivity index (χ4n) is 2.55. The molecular formula is C17H19N3OS2. The molecule has 0 N–H and O–H groups in total. The van der Waals surface area contributed by atoms with E-state index in [2.05, 4.69) is 47.5 Å². The highest BCUT2D eigenvalue weighted by molar-refractivity contribution is 8.01. The number of benzene rings is 1. The molecule has 1 amide bonds. The molecular weight excluding hydrogens is 326 g/mol. The normalized spacial score (nSPS) is 14.7. The second-order valence-corrected chi connectivity index (χ2v) is 7.42. The largest absolute Gasteiger partial charge is 0.338 e. The summed E-state index contributed by atoms with van der Waals surface area (Å²) in [4.78, 5) is 14.2. The number of thioether (sulfide) groups is 1. The number of carbonyl (C=O) groups is 1. The molecule has 1 aromatic heterocycles. The zero-order valence-corrected chi connectivity index (χ0v) is 14.7. The van der Waals surface area contributed by atoms with Crippen molar-refractivity contribution in [1.29, 1.82) is 0 Å². The van der Waals surface area contributed by atoms with Gasteiger partial charge in [-0.3, -0.25) is 4.79 Å². The molecule has 23 heavy (non-hydrogen) atoms. The van der Waals surface area contributed by atoms with Gasteiger partial charge in [0.25, 0.3) is 0 Å². The summed E-state index contributed by atoms with van der Waals surface area (Å²) in [5, 5.41) is 7.73. The molecule has 0 saturated carbocycles. The summed E-state index contributed by atoms with van der Waals surface area (Å²) < 4.78 is 0.850. The van der Waals surface area contributed by atoms with Crippen LogP contribution < -0.4 is 0 Å². The van der Waals surface area contributed by atoms with Gasteiger partial charge in [-0.1, -0.05) is 60.4 Å². The van der Waals surface area contributed by atoms with E-state index in [0.29, 0.717) is 12.3 Å². The molecule has 0 fully saturated rings. The first-order valence-electron chi connectivity index (χ1n) is 7.71. The van der Waals surface area contributed by atoms with Crippen molar-refractivity contribution in [2.75, 3.05) is 18.8 Å². The zero-order chi connectivity index (χ0) is 16.1. The van der Waals surface area contributed by atoms with Gasteiger partial charge in [-0.05, 0) is 29.5 Å². The maximum absolute atomic E-state index is 12.3. The Hall–Kier alpha value is -1.66. The van der Waals surface area contributed by atoms with Gasteiger partial charge in [0.15, 0.2) is 4.34 Å². The van der Waals surface area contributed by atoms with E-state index in [1.807, 2.05) is 4.90 Å². The second kappa shape index (κ2) is 7.75. The molecule has 0 spiro atoms. The van der Waals surface area contributed by atoms with Gasteiger partial charge in [-0.2, -0.15) is 0 Å². The highest BCUT2D eigenvalue weighted by atomic mass is 32.2.